The average Bonchev–Trinajstić information content (AvgIpc) is 2.46. The van der Waals surface area contributed by atoms with Gasteiger partial charge in [0.2, 0.25) is 5.91 Å². The molecule has 1 aromatic rings. The van der Waals surface area contributed by atoms with Crippen molar-refractivity contribution in [1.29, 1.82) is 0 Å². The molecule has 102 valence electrons. The molecule has 0 radical (unpaired) electrons. The first-order valence-corrected chi connectivity index (χ1v) is 6.82. The van der Waals surface area contributed by atoms with E-state index >= 15 is 0 Å². The number of nitrogens with one attached hydrogen (secondary N) is 1. The molecule has 5 heteroatoms. The molecule has 0 saturated carbocycles. The fourth-order valence-corrected chi connectivity index (χ4v) is 2.20. The maximum absolute atomic E-state index is 11.9. The lowest BCUT2D eigenvalue weighted by Gasteiger charge is -2.21. The minimum absolute atomic E-state index is 0.00959. The Hall–Kier alpha value is -1.46. The van der Waals surface area contributed by atoms with E-state index in [1.54, 1.807) is 0 Å². The Bertz CT molecular complexity index is 453. The van der Waals surface area contributed by atoms with E-state index in [1.165, 1.54) is 0 Å². The number of thiocarbonyl (C=S) groups is 1. The predicted molar refractivity (Wildman–Crippen MR) is 77.7 cm³/mol. The van der Waals surface area contributed by atoms with E-state index in [9.17, 15) is 4.79 Å². The normalized spacial score (nSPS) is 18.8. The van der Waals surface area contributed by atoms with Gasteiger partial charge in [-0.15, -0.1) is 0 Å². The maximum atomic E-state index is 11.9. The molecule has 1 atom stereocenters. The van der Waals surface area contributed by atoms with Crippen LogP contribution in [0.5, 0.6) is 0 Å². The minimum atomic E-state index is -0.00959. The van der Waals surface area contributed by atoms with E-state index in [4.69, 9.17) is 22.7 Å². The van der Waals surface area contributed by atoms with Crippen LogP contribution in [-0.4, -0.2) is 24.1 Å². The van der Waals surface area contributed by atoms with E-state index < -0.39 is 0 Å². The first-order valence-electron chi connectivity index (χ1n) is 6.41. The van der Waals surface area contributed by atoms with Gasteiger partial charge in [0.15, 0.2) is 0 Å². The first-order chi connectivity index (χ1) is 9.16. The fraction of sp³-hybridized carbons (Fsp3) is 0.429. The molecule has 1 amide bonds. The highest BCUT2D eigenvalue weighted by molar-refractivity contribution is 7.80. The summed E-state index contributed by atoms with van der Waals surface area (Å²) in [6, 6.07) is 7.58. The second-order valence-corrected chi connectivity index (χ2v) is 5.13. The summed E-state index contributed by atoms with van der Waals surface area (Å²) in [5.74, 6) is 0.0581. The smallest absolute Gasteiger partial charge is 0.225 e. The largest absolute Gasteiger partial charge is 0.389 e. The maximum Gasteiger partial charge on any atom is 0.225 e. The Morgan fingerprint density at radius 1 is 1.42 bits per heavy atom. The standard InChI is InChI=1S/C14H18N2O2S/c15-13(19)11-5-3-10(4-6-11)8-16-14(17)12-2-1-7-18-9-12/h3-6,12H,1-2,7-9H2,(H2,15,19)(H,16,17). The summed E-state index contributed by atoms with van der Waals surface area (Å²) in [6.45, 7) is 1.82. The van der Waals surface area contributed by atoms with Crippen LogP contribution in [-0.2, 0) is 16.1 Å². The molecule has 0 bridgehead atoms. The van der Waals surface area contributed by atoms with E-state index in [1.807, 2.05) is 24.3 Å². The summed E-state index contributed by atoms with van der Waals surface area (Å²) >= 11 is 4.89. The molecule has 3 N–H and O–H groups in total. The highest BCUT2D eigenvalue weighted by Gasteiger charge is 2.21. The molecule has 1 saturated heterocycles. The lowest BCUT2D eigenvalue weighted by atomic mass is 10.0. The number of hydrogen-bond acceptors (Lipinski definition) is 3. The first kappa shape index (κ1) is 14.0. The molecular weight excluding hydrogens is 260 g/mol. The second-order valence-electron chi connectivity index (χ2n) is 4.69. The highest BCUT2D eigenvalue weighted by atomic mass is 32.1. The van der Waals surface area contributed by atoms with E-state index in [-0.39, 0.29) is 11.8 Å². The van der Waals surface area contributed by atoms with Gasteiger partial charge >= 0.3 is 0 Å². The van der Waals surface area contributed by atoms with Crippen molar-refractivity contribution in [2.24, 2.45) is 11.7 Å². The third-order valence-corrected chi connectivity index (χ3v) is 3.47. The molecular formula is C14H18N2O2S. The molecule has 1 unspecified atom stereocenters. The van der Waals surface area contributed by atoms with Gasteiger partial charge in [-0.05, 0) is 18.4 Å². The van der Waals surface area contributed by atoms with Crippen molar-refractivity contribution in [1.82, 2.24) is 5.32 Å². The molecule has 0 aliphatic carbocycles. The number of amides is 1. The van der Waals surface area contributed by atoms with Crippen molar-refractivity contribution in [2.75, 3.05) is 13.2 Å². The van der Waals surface area contributed by atoms with Gasteiger partial charge < -0.3 is 15.8 Å². The van der Waals surface area contributed by atoms with Gasteiger partial charge in [-0.3, -0.25) is 4.79 Å². The van der Waals surface area contributed by atoms with Crippen molar-refractivity contribution in [2.45, 2.75) is 19.4 Å². The van der Waals surface area contributed by atoms with Crippen molar-refractivity contribution < 1.29 is 9.53 Å². The van der Waals surface area contributed by atoms with Crippen LogP contribution in [0, 0.1) is 5.92 Å². The van der Waals surface area contributed by atoms with Gasteiger partial charge in [0.1, 0.15) is 4.99 Å². The molecule has 1 aliphatic rings. The SMILES string of the molecule is NC(=S)c1ccc(CNC(=O)C2CCCOC2)cc1. The highest BCUT2D eigenvalue weighted by Crippen LogP contribution is 2.13. The van der Waals surface area contributed by atoms with Crippen LogP contribution in [0.15, 0.2) is 24.3 Å². The van der Waals surface area contributed by atoms with Crippen LogP contribution in [0.4, 0.5) is 0 Å². The zero-order chi connectivity index (χ0) is 13.7. The Morgan fingerprint density at radius 3 is 2.74 bits per heavy atom. The van der Waals surface area contributed by atoms with Crippen LogP contribution >= 0.6 is 12.2 Å². The van der Waals surface area contributed by atoms with Gasteiger partial charge in [0, 0.05) is 18.7 Å². The second kappa shape index (κ2) is 6.63. The molecule has 1 heterocycles. The van der Waals surface area contributed by atoms with Gasteiger partial charge in [-0.25, -0.2) is 0 Å². The third kappa shape index (κ3) is 4.01. The third-order valence-electron chi connectivity index (χ3n) is 3.24. The molecule has 0 spiro atoms. The average molecular weight is 278 g/mol. The fourth-order valence-electron chi connectivity index (χ4n) is 2.07. The minimum Gasteiger partial charge on any atom is -0.389 e. The van der Waals surface area contributed by atoms with Crippen LogP contribution in [0.2, 0.25) is 0 Å². The molecule has 19 heavy (non-hydrogen) atoms. The number of benzene rings is 1. The molecule has 1 aromatic carbocycles. The van der Waals surface area contributed by atoms with Crippen molar-refractivity contribution in [3.05, 3.63) is 35.4 Å². The molecule has 1 aliphatic heterocycles. The van der Waals surface area contributed by atoms with Crippen molar-refractivity contribution in [3.8, 4) is 0 Å². The summed E-state index contributed by atoms with van der Waals surface area (Å²) in [5, 5.41) is 2.93. The summed E-state index contributed by atoms with van der Waals surface area (Å²) in [4.78, 5) is 12.3. The Balaban J connectivity index is 1.84. The molecule has 0 aromatic heterocycles. The Kier molecular flexibility index (Phi) is 4.87. The van der Waals surface area contributed by atoms with Gasteiger partial charge in [-0.1, -0.05) is 36.5 Å². The molecule has 1 fully saturated rings. The predicted octanol–water partition coefficient (Wildman–Crippen LogP) is 1.36. The number of carbonyl (C=O) groups is 1. The zero-order valence-electron chi connectivity index (χ0n) is 10.7. The summed E-state index contributed by atoms with van der Waals surface area (Å²) in [5.41, 5.74) is 7.40. The van der Waals surface area contributed by atoms with E-state index in [0.29, 0.717) is 18.1 Å². The van der Waals surface area contributed by atoms with Gasteiger partial charge in [-0.2, -0.15) is 0 Å². The molecule has 2 rings (SSSR count). The van der Waals surface area contributed by atoms with Crippen molar-refractivity contribution >= 4 is 23.1 Å². The Morgan fingerprint density at radius 2 is 2.16 bits per heavy atom. The van der Waals surface area contributed by atoms with Crippen LogP contribution in [0.1, 0.15) is 24.0 Å². The van der Waals surface area contributed by atoms with Crippen molar-refractivity contribution in [3.63, 3.8) is 0 Å². The number of ether oxygens (including phenoxy) is 1. The number of hydrogen-bond donors (Lipinski definition) is 2. The monoisotopic (exact) mass is 278 g/mol. The van der Waals surface area contributed by atoms with Crippen LogP contribution in [0.25, 0.3) is 0 Å². The summed E-state index contributed by atoms with van der Waals surface area (Å²) in [6.07, 6.45) is 1.87. The zero-order valence-corrected chi connectivity index (χ0v) is 11.5. The van der Waals surface area contributed by atoms with Crippen LogP contribution in [0.3, 0.4) is 0 Å². The number of rotatable bonds is 4. The number of nitrogens with two attached hydrogens (primary N) is 1. The quantitative estimate of drug-likeness (QED) is 0.816. The lowest BCUT2D eigenvalue weighted by molar-refractivity contribution is -0.129. The topological polar surface area (TPSA) is 64.3 Å². The van der Waals surface area contributed by atoms with E-state index in [2.05, 4.69) is 5.32 Å². The van der Waals surface area contributed by atoms with Gasteiger partial charge in [0.05, 0.1) is 12.5 Å². The summed E-state index contributed by atoms with van der Waals surface area (Å²) < 4.78 is 5.31. The lowest BCUT2D eigenvalue weighted by Crippen LogP contribution is -2.35. The summed E-state index contributed by atoms with van der Waals surface area (Å²) in [7, 11) is 0. The molecule has 4 nitrogen and oxygen atoms in total. The number of carbonyl (C=O) groups excluding carboxylic acids is 1. The van der Waals surface area contributed by atoms with Crippen LogP contribution < -0.4 is 11.1 Å². The Labute approximate surface area is 118 Å². The van der Waals surface area contributed by atoms with E-state index in [0.717, 1.165) is 30.6 Å². The van der Waals surface area contributed by atoms with Gasteiger partial charge in [0.25, 0.3) is 0 Å².